The maximum absolute atomic E-state index is 12.5. The van der Waals surface area contributed by atoms with E-state index < -0.39 is 17.8 Å². The molecule has 0 saturated carbocycles. The molecule has 3 rings (SSSR count). The molecule has 3 nitrogen and oxygen atoms in total. The Morgan fingerprint density at radius 1 is 1.21 bits per heavy atom. The first-order chi connectivity index (χ1) is 8.95. The van der Waals surface area contributed by atoms with Crippen LogP contribution in [-0.2, 0) is 15.8 Å². The van der Waals surface area contributed by atoms with Crippen molar-refractivity contribution in [1.29, 1.82) is 0 Å². The van der Waals surface area contributed by atoms with Gasteiger partial charge in [-0.15, -0.1) is 0 Å². The molecule has 2 fully saturated rings. The lowest BCUT2D eigenvalue weighted by Crippen LogP contribution is -2.33. The van der Waals surface area contributed by atoms with Crippen LogP contribution in [0.3, 0.4) is 0 Å². The van der Waals surface area contributed by atoms with Gasteiger partial charge in [-0.2, -0.15) is 18.2 Å². The Balaban J connectivity index is 1.82. The Morgan fingerprint density at radius 2 is 1.89 bits per heavy atom. The Labute approximate surface area is 107 Å². The number of hydrogen-bond acceptors (Lipinski definition) is 3. The van der Waals surface area contributed by atoms with Crippen LogP contribution in [0.1, 0.15) is 30.0 Å². The summed E-state index contributed by atoms with van der Waals surface area (Å²) in [4.78, 5) is 16.9. The van der Waals surface area contributed by atoms with Crippen molar-refractivity contribution in [3.05, 3.63) is 35.4 Å². The van der Waals surface area contributed by atoms with Gasteiger partial charge in [0, 0.05) is 19.4 Å². The quantitative estimate of drug-likeness (QED) is 0.786. The molecule has 0 spiro atoms. The number of Topliss-reactive ketones (excluding diaryl/α,β-unsaturated/α-hetero) is 1. The third-order valence-electron chi connectivity index (χ3n) is 3.61. The second-order valence-electron chi connectivity index (χ2n) is 4.82. The van der Waals surface area contributed by atoms with Crippen LogP contribution < -0.4 is 0 Å². The zero-order valence-corrected chi connectivity index (χ0v) is 9.98. The third-order valence-corrected chi connectivity index (χ3v) is 3.61. The molecule has 1 aromatic carbocycles. The summed E-state index contributed by atoms with van der Waals surface area (Å²) >= 11 is 0. The fourth-order valence-electron chi connectivity index (χ4n) is 2.58. The van der Waals surface area contributed by atoms with E-state index >= 15 is 0 Å². The van der Waals surface area contributed by atoms with Crippen LogP contribution in [0.15, 0.2) is 24.3 Å². The van der Waals surface area contributed by atoms with E-state index in [-0.39, 0.29) is 11.8 Å². The summed E-state index contributed by atoms with van der Waals surface area (Å²) in [7, 11) is 0. The molecule has 19 heavy (non-hydrogen) atoms. The largest absolute Gasteiger partial charge is 0.416 e. The van der Waals surface area contributed by atoms with Crippen LogP contribution >= 0.6 is 0 Å². The number of fused-ring (bicyclic) bond motifs is 2. The van der Waals surface area contributed by atoms with Crippen LogP contribution in [-0.4, -0.2) is 23.5 Å². The summed E-state index contributed by atoms with van der Waals surface area (Å²) in [5.74, 6) is 0.0747. The minimum atomic E-state index is -4.32. The molecule has 0 aliphatic carbocycles. The molecule has 1 aromatic rings. The highest BCUT2D eigenvalue weighted by Crippen LogP contribution is 2.38. The normalized spacial score (nSPS) is 30.7. The number of hydrogen-bond donors (Lipinski definition) is 0. The molecule has 2 aliphatic rings. The van der Waals surface area contributed by atoms with E-state index in [1.807, 2.05) is 0 Å². The monoisotopic (exact) mass is 271 g/mol. The second kappa shape index (κ2) is 4.31. The maximum Gasteiger partial charge on any atom is 0.416 e. The number of carbonyl (C=O) groups excluding carboxylic acids is 1. The number of benzene rings is 1. The van der Waals surface area contributed by atoms with Crippen LogP contribution in [0, 0.1) is 0 Å². The van der Waals surface area contributed by atoms with Gasteiger partial charge < -0.3 is 0 Å². The molecule has 102 valence electrons. The average molecular weight is 271 g/mol. The first-order valence-corrected chi connectivity index (χ1v) is 6.08. The fraction of sp³-hybridized carbons (Fsp3) is 0.462. The molecule has 2 saturated heterocycles. The lowest BCUT2D eigenvalue weighted by atomic mass is 10.00. The van der Waals surface area contributed by atoms with Gasteiger partial charge >= 0.3 is 6.18 Å². The molecular weight excluding hydrogens is 259 g/mol. The zero-order chi connectivity index (χ0) is 13.6. The van der Waals surface area contributed by atoms with Crippen molar-refractivity contribution in [2.24, 2.45) is 0 Å². The van der Waals surface area contributed by atoms with Crippen molar-refractivity contribution in [2.45, 2.75) is 31.2 Å². The molecule has 6 heteroatoms. The molecule has 2 bridgehead atoms. The predicted octanol–water partition coefficient (Wildman–Crippen LogP) is 2.73. The van der Waals surface area contributed by atoms with Gasteiger partial charge in [0.15, 0.2) is 5.78 Å². The van der Waals surface area contributed by atoms with Crippen molar-refractivity contribution in [3.8, 4) is 0 Å². The number of rotatable bonds is 1. The summed E-state index contributed by atoms with van der Waals surface area (Å²) < 4.78 is 37.4. The van der Waals surface area contributed by atoms with Crippen LogP contribution in [0.2, 0.25) is 0 Å². The van der Waals surface area contributed by atoms with Crippen molar-refractivity contribution in [3.63, 3.8) is 0 Å². The molecule has 3 unspecified atom stereocenters. The number of halogens is 3. The van der Waals surface area contributed by atoms with E-state index in [1.165, 1.54) is 12.1 Å². The van der Waals surface area contributed by atoms with E-state index in [4.69, 9.17) is 4.84 Å². The number of alkyl halides is 3. The van der Waals surface area contributed by atoms with Gasteiger partial charge in [-0.3, -0.25) is 9.63 Å². The molecule has 3 atom stereocenters. The van der Waals surface area contributed by atoms with Crippen molar-refractivity contribution in [1.82, 2.24) is 5.06 Å². The zero-order valence-electron chi connectivity index (χ0n) is 9.98. The van der Waals surface area contributed by atoms with Gasteiger partial charge in [-0.1, -0.05) is 12.1 Å². The lowest BCUT2D eigenvalue weighted by molar-refractivity contribution is -0.189. The van der Waals surface area contributed by atoms with Gasteiger partial charge in [0.25, 0.3) is 0 Å². The number of carbonyl (C=O) groups is 1. The van der Waals surface area contributed by atoms with Gasteiger partial charge in [0.1, 0.15) is 6.10 Å². The van der Waals surface area contributed by atoms with Crippen molar-refractivity contribution < 1.29 is 22.8 Å². The van der Waals surface area contributed by atoms with Gasteiger partial charge in [-0.05, 0) is 17.7 Å². The van der Waals surface area contributed by atoms with Crippen LogP contribution in [0.5, 0.6) is 0 Å². The summed E-state index contributed by atoms with van der Waals surface area (Å²) in [6, 6.07) is 4.93. The van der Waals surface area contributed by atoms with Crippen molar-refractivity contribution >= 4 is 5.78 Å². The van der Waals surface area contributed by atoms with Gasteiger partial charge in [0.2, 0.25) is 0 Å². The van der Waals surface area contributed by atoms with E-state index in [1.54, 1.807) is 5.06 Å². The van der Waals surface area contributed by atoms with E-state index in [9.17, 15) is 18.0 Å². The summed E-state index contributed by atoms with van der Waals surface area (Å²) in [6.45, 7) is 0.501. The molecule has 0 amide bonds. The molecule has 2 heterocycles. The highest BCUT2D eigenvalue weighted by Gasteiger charge is 2.42. The lowest BCUT2D eigenvalue weighted by Gasteiger charge is -2.25. The topological polar surface area (TPSA) is 29.5 Å². The highest BCUT2D eigenvalue weighted by molar-refractivity contribution is 5.84. The number of ketones is 1. The van der Waals surface area contributed by atoms with Crippen LogP contribution in [0.4, 0.5) is 13.2 Å². The summed E-state index contributed by atoms with van der Waals surface area (Å²) in [5, 5.41) is 1.70. The average Bonchev–Trinajstić information content (AvgIpc) is 2.73. The summed E-state index contributed by atoms with van der Waals surface area (Å²) in [6.07, 6.45) is -3.79. The van der Waals surface area contributed by atoms with Crippen LogP contribution in [0.25, 0.3) is 0 Å². The summed E-state index contributed by atoms with van der Waals surface area (Å²) in [5.41, 5.74) is 0.0920. The first-order valence-electron chi connectivity index (χ1n) is 6.08. The molecular formula is C13H12F3NO2. The Hall–Kier alpha value is -1.40. The van der Waals surface area contributed by atoms with E-state index in [0.29, 0.717) is 19.4 Å². The Bertz CT molecular complexity index is 498. The first kappa shape index (κ1) is 12.6. The van der Waals surface area contributed by atoms with Gasteiger partial charge in [-0.25, -0.2) is 0 Å². The standard InChI is InChI=1S/C13H12F3NO2/c14-13(15,16)9-3-1-8(2-4-9)10-7-12-11(18)5-6-17(10)19-12/h1-4,10,12H,5-7H2. The smallest absolute Gasteiger partial charge is 0.297 e. The molecule has 0 N–H and O–H groups in total. The van der Waals surface area contributed by atoms with Gasteiger partial charge in [0.05, 0.1) is 11.6 Å². The number of hydroxylamine groups is 2. The van der Waals surface area contributed by atoms with Crippen molar-refractivity contribution in [2.75, 3.05) is 6.54 Å². The molecule has 2 aliphatic heterocycles. The molecule has 0 radical (unpaired) electrons. The Morgan fingerprint density at radius 3 is 2.47 bits per heavy atom. The second-order valence-corrected chi connectivity index (χ2v) is 4.82. The Kier molecular flexibility index (Phi) is 2.87. The number of nitrogens with zero attached hydrogens (tertiary/aromatic N) is 1. The van der Waals surface area contributed by atoms with E-state index in [0.717, 1.165) is 17.7 Å². The minimum absolute atomic E-state index is 0.0747. The SMILES string of the molecule is O=C1CCN2OC1CC2c1ccc(C(F)(F)F)cc1. The predicted molar refractivity (Wildman–Crippen MR) is 60.0 cm³/mol. The fourth-order valence-corrected chi connectivity index (χ4v) is 2.58. The van der Waals surface area contributed by atoms with E-state index in [2.05, 4.69) is 0 Å². The minimum Gasteiger partial charge on any atom is -0.297 e. The highest BCUT2D eigenvalue weighted by atomic mass is 19.4. The maximum atomic E-state index is 12.5. The molecule has 0 aromatic heterocycles. The third kappa shape index (κ3) is 2.26.